The summed E-state index contributed by atoms with van der Waals surface area (Å²) in [4.78, 5) is 45.6. The molecule has 2 aliphatic rings. The van der Waals surface area contributed by atoms with Gasteiger partial charge < -0.3 is 25.0 Å². The van der Waals surface area contributed by atoms with Gasteiger partial charge in [-0.1, -0.05) is 64.1 Å². The van der Waals surface area contributed by atoms with Gasteiger partial charge >= 0.3 is 0 Å². The Balaban J connectivity index is 0.000000234. The second-order valence-electron chi connectivity index (χ2n) is 10.8. The summed E-state index contributed by atoms with van der Waals surface area (Å²) in [5.74, 6) is -0.513. The number of carbonyl (C=O) groups excluding carboxylic acids is 3. The highest BCUT2D eigenvalue weighted by atomic mass is 32.1. The molecule has 42 heavy (non-hydrogen) atoms. The fourth-order valence-corrected chi connectivity index (χ4v) is 6.28. The summed E-state index contributed by atoms with van der Waals surface area (Å²) in [7, 11) is 1.97. The lowest BCUT2D eigenvalue weighted by molar-refractivity contribution is -0.140. The van der Waals surface area contributed by atoms with E-state index in [1.807, 2.05) is 58.5 Å². The van der Waals surface area contributed by atoms with Crippen molar-refractivity contribution in [1.29, 1.82) is 0 Å². The predicted octanol–water partition coefficient (Wildman–Crippen LogP) is 5.00. The number of aldehydes is 1. The molecule has 0 bridgehead atoms. The van der Waals surface area contributed by atoms with Gasteiger partial charge in [-0.3, -0.25) is 9.59 Å². The molecule has 3 heterocycles. The lowest BCUT2D eigenvalue weighted by Crippen LogP contribution is -2.53. The number of likely N-dealkylation sites (tertiary alicyclic amines) is 1. The number of hydrogen-bond donors (Lipinski definition) is 2. The van der Waals surface area contributed by atoms with E-state index < -0.39 is 18.2 Å². The summed E-state index contributed by atoms with van der Waals surface area (Å²) in [5.41, 5.74) is 8.52. The Hall–Kier alpha value is -3.40. The highest BCUT2D eigenvalue weighted by Crippen LogP contribution is 2.30. The number of hydrogen-bond acceptors (Lipinski definition) is 7. The van der Waals surface area contributed by atoms with Gasteiger partial charge in [-0.15, -0.1) is 11.3 Å². The molecule has 3 unspecified atom stereocenters. The fourth-order valence-electron chi connectivity index (χ4n) is 5.48. The zero-order valence-electron chi connectivity index (χ0n) is 25.8. The van der Waals surface area contributed by atoms with Crippen LogP contribution in [0.25, 0.3) is 10.4 Å². The maximum Gasteiger partial charge on any atom is 0.255 e. The molecule has 0 aliphatic carbocycles. The zero-order chi connectivity index (χ0) is 31.0. The number of rotatable bonds is 7. The molecular formula is C33H44N4O4S. The standard InChI is InChI=1S/C18H22N2O4.C13H16N2S.C2H6/c1-11(2)16(18(24)19-9-14(22)7-13(19)10-21)20-8-12-5-3-4-6-15(12)17(20)23;1-9-6-11(4-5-12(9)7-14-3)13-10(2)15-8-16-13;1-2/h3-6,10-11,13-14,16,22H,7-9H2,1-2H3;4-6,8,14H,7H2,1-3H3;1-2H3. The van der Waals surface area contributed by atoms with Crippen molar-refractivity contribution in [3.05, 3.63) is 75.9 Å². The van der Waals surface area contributed by atoms with Crippen molar-refractivity contribution in [2.45, 2.75) is 79.2 Å². The number of β-amino-alcohol motifs (C(OH)–C–C–N with tert-alkyl or cyclic N) is 1. The molecular weight excluding hydrogens is 548 g/mol. The summed E-state index contributed by atoms with van der Waals surface area (Å²) in [6, 6.07) is 12.7. The molecule has 8 nitrogen and oxygen atoms in total. The summed E-state index contributed by atoms with van der Waals surface area (Å²) in [6.07, 6.45) is 0.267. The minimum atomic E-state index is -0.691. The average molecular weight is 593 g/mol. The third-order valence-corrected chi connectivity index (χ3v) is 8.53. The van der Waals surface area contributed by atoms with Crippen LogP contribution in [0.2, 0.25) is 0 Å². The topological polar surface area (TPSA) is 103 Å². The number of aliphatic hydroxyl groups is 1. The number of aryl methyl sites for hydroxylation is 2. The van der Waals surface area contributed by atoms with Crippen LogP contribution in [0.15, 0.2) is 48.0 Å². The quantitative estimate of drug-likeness (QED) is 0.375. The van der Waals surface area contributed by atoms with E-state index in [0.717, 1.165) is 17.8 Å². The van der Waals surface area contributed by atoms with Crippen LogP contribution < -0.4 is 5.32 Å². The zero-order valence-corrected chi connectivity index (χ0v) is 26.6. The third kappa shape index (κ3) is 7.32. The van der Waals surface area contributed by atoms with Gasteiger partial charge in [0.15, 0.2) is 0 Å². The second-order valence-corrected chi connectivity index (χ2v) is 11.7. The van der Waals surface area contributed by atoms with Gasteiger partial charge in [-0.25, -0.2) is 4.98 Å². The maximum absolute atomic E-state index is 13.0. The number of thiazole rings is 1. The maximum atomic E-state index is 13.0. The lowest BCUT2D eigenvalue weighted by atomic mass is 10.0. The van der Waals surface area contributed by atoms with Crippen molar-refractivity contribution in [3.63, 3.8) is 0 Å². The molecule has 3 aromatic rings. The van der Waals surface area contributed by atoms with Crippen molar-refractivity contribution >= 4 is 29.4 Å². The molecule has 226 valence electrons. The van der Waals surface area contributed by atoms with Crippen LogP contribution in [0.4, 0.5) is 0 Å². The highest BCUT2D eigenvalue weighted by molar-refractivity contribution is 7.13. The first-order chi connectivity index (χ1) is 20.2. The Kier molecular flexibility index (Phi) is 12.0. The first kappa shape index (κ1) is 33.1. The van der Waals surface area contributed by atoms with E-state index in [0.29, 0.717) is 18.4 Å². The first-order valence-electron chi connectivity index (χ1n) is 14.6. The normalized spacial score (nSPS) is 18.2. The molecule has 2 N–H and O–H groups in total. The number of carbonyl (C=O) groups is 3. The molecule has 3 atom stereocenters. The molecule has 1 aromatic heterocycles. The van der Waals surface area contributed by atoms with E-state index in [1.54, 1.807) is 22.3 Å². The Labute approximate surface area is 253 Å². The lowest BCUT2D eigenvalue weighted by Gasteiger charge is -2.34. The van der Waals surface area contributed by atoms with Crippen molar-refractivity contribution in [3.8, 4) is 10.4 Å². The van der Waals surface area contributed by atoms with E-state index in [4.69, 9.17) is 0 Å². The molecule has 2 amide bonds. The van der Waals surface area contributed by atoms with Gasteiger partial charge in [0.05, 0.1) is 28.2 Å². The van der Waals surface area contributed by atoms with Gasteiger partial charge in [0.2, 0.25) is 5.91 Å². The van der Waals surface area contributed by atoms with Gasteiger partial charge in [0.1, 0.15) is 12.3 Å². The molecule has 2 aromatic carbocycles. The van der Waals surface area contributed by atoms with E-state index in [2.05, 4.69) is 42.3 Å². The molecule has 9 heteroatoms. The molecule has 5 rings (SSSR count). The molecule has 0 radical (unpaired) electrons. The Morgan fingerprint density at radius 1 is 1.19 bits per heavy atom. The van der Waals surface area contributed by atoms with E-state index in [-0.39, 0.29) is 30.7 Å². The molecule has 1 saturated heterocycles. The fraction of sp³-hybridized carbons (Fsp3) is 0.455. The summed E-state index contributed by atoms with van der Waals surface area (Å²) < 4.78 is 0. The monoisotopic (exact) mass is 592 g/mol. The smallest absolute Gasteiger partial charge is 0.255 e. The number of fused-ring (bicyclic) bond motifs is 1. The van der Waals surface area contributed by atoms with Gasteiger partial charge in [-0.2, -0.15) is 0 Å². The number of aliphatic hydroxyl groups excluding tert-OH is 1. The van der Waals surface area contributed by atoms with Gasteiger partial charge in [0, 0.05) is 31.6 Å². The minimum absolute atomic E-state index is 0.0965. The number of nitrogens with one attached hydrogen (secondary N) is 1. The number of amides is 2. The van der Waals surface area contributed by atoms with Crippen LogP contribution in [0.1, 0.15) is 66.9 Å². The molecule has 1 fully saturated rings. The largest absolute Gasteiger partial charge is 0.391 e. The Morgan fingerprint density at radius 2 is 1.90 bits per heavy atom. The third-order valence-electron chi connectivity index (χ3n) is 7.55. The minimum Gasteiger partial charge on any atom is -0.391 e. The Bertz CT molecular complexity index is 1370. The van der Waals surface area contributed by atoms with E-state index >= 15 is 0 Å². The number of benzene rings is 2. The van der Waals surface area contributed by atoms with Crippen molar-refractivity contribution in [1.82, 2.24) is 20.1 Å². The predicted molar refractivity (Wildman–Crippen MR) is 168 cm³/mol. The summed E-state index contributed by atoms with van der Waals surface area (Å²) >= 11 is 1.70. The Morgan fingerprint density at radius 3 is 2.48 bits per heavy atom. The molecule has 0 spiro atoms. The van der Waals surface area contributed by atoms with Crippen LogP contribution in [0.5, 0.6) is 0 Å². The van der Waals surface area contributed by atoms with Crippen LogP contribution >= 0.6 is 11.3 Å². The highest BCUT2D eigenvalue weighted by Gasteiger charge is 2.43. The average Bonchev–Trinajstić information content (AvgIpc) is 3.68. The SMILES string of the molecule is CC.CC(C)C(C(=O)N1CC(O)CC1C=O)N1Cc2ccccc2C1=O.CNCc1ccc(-c2scnc2C)cc1C. The first-order valence-corrected chi connectivity index (χ1v) is 15.5. The number of nitrogens with zero attached hydrogens (tertiary/aromatic N) is 3. The molecule has 2 aliphatic heterocycles. The summed E-state index contributed by atoms with van der Waals surface area (Å²) in [6.45, 7) is 13.5. The summed E-state index contributed by atoms with van der Waals surface area (Å²) in [5, 5.41) is 13.0. The second kappa shape index (κ2) is 15.2. The van der Waals surface area contributed by atoms with E-state index in [9.17, 15) is 19.5 Å². The van der Waals surface area contributed by atoms with Crippen molar-refractivity contribution in [2.24, 2.45) is 5.92 Å². The number of aromatic nitrogens is 1. The molecule has 0 saturated carbocycles. The van der Waals surface area contributed by atoms with Crippen LogP contribution in [0, 0.1) is 19.8 Å². The van der Waals surface area contributed by atoms with Crippen LogP contribution in [-0.2, 0) is 22.7 Å². The van der Waals surface area contributed by atoms with Crippen LogP contribution in [0.3, 0.4) is 0 Å². The van der Waals surface area contributed by atoms with E-state index in [1.165, 1.54) is 26.5 Å². The van der Waals surface area contributed by atoms with Gasteiger partial charge in [-0.05, 0) is 55.1 Å². The van der Waals surface area contributed by atoms with Crippen LogP contribution in [-0.4, -0.2) is 69.8 Å². The van der Waals surface area contributed by atoms with Crippen molar-refractivity contribution in [2.75, 3.05) is 13.6 Å². The van der Waals surface area contributed by atoms with Crippen molar-refractivity contribution < 1.29 is 19.5 Å². The van der Waals surface area contributed by atoms with Gasteiger partial charge in [0.25, 0.3) is 5.91 Å².